The van der Waals surface area contributed by atoms with Crippen LogP contribution in [0.25, 0.3) is 0 Å². The topological polar surface area (TPSA) is 79.2 Å². The Hall–Kier alpha value is -2.48. The van der Waals surface area contributed by atoms with E-state index in [1.165, 1.54) is 37.4 Å². The van der Waals surface area contributed by atoms with Gasteiger partial charge in [-0.05, 0) is 50.6 Å². The van der Waals surface area contributed by atoms with Crippen LogP contribution in [0.15, 0.2) is 12.5 Å². The van der Waals surface area contributed by atoms with Crippen LogP contribution in [0, 0.1) is 0 Å². The van der Waals surface area contributed by atoms with Crippen molar-refractivity contribution >= 4 is 17.5 Å². The van der Waals surface area contributed by atoms with Crippen LogP contribution >= 0.6 is 0 Å². The maximum absolute atomic E-state index is 11.9. The molecule has 33 heavy (non-hydrogen) atoms. The summed E-state index contributed by atoms with van der Waals surface area (Å²) in [5, 5.41) is 2.93. The monoisotopic (exact) mass is 451 g/mol. The zero-order valence-electron chi connectivity index (χ0n) is 20.3. The number of piperidine rings is 1. The summed E-state index contributed by atoms with van der Waals surface area (Å²) in [6.07, 6.45) is 9.18. The largest absolute Gasteiger partial charge is 0.356 e. The third-order valence-corrected chi connectivity index (χ3v) is 7.54. The van der Waals surface area contributed by atoms with Gasteiger partial charge >= 0.3 is 0 Å². The molecule has 2 aromatic rings. The lowest BCUT2D eigenvalue weighted by Crippen LogP contribution is -2.36. The second-order valence-corrected chi connectivity index (χ2v) is 10.3. The molecule has 1 atom stereocenters. The predicted molar refractivity (Wildman–Crippen MR) is 130 cm³/mol. The van der Waals surface area contributed by atoms with Crippen LogP contribution in [0.3, 0.4) is 0 Å². The van der Waals surface area contributed by atoms with Gasteiger partial charge < -0.3 is 19.7 Å². The molecule has 2 saturated heterocycles. The molecule has 8 nitrogen and oxygen atoms in total. The minimum absolute atomic E-state index is 0.0417. The second kappa shape index (κ2) is 9.41. The van der Waals surface area contributed by atoms with Gasteiger partial charge in [-0.15, -0.1) is 0 Å². The van der Waals surface area contributed by atoms with E-state index in [-0.39, 0.29) is 11.8 Å². The predicted octanol–water partition coefficient (Wildman–Crippen LogP) is 3.72. The van der Waals surface area contributed by atoms with Gasteiger partial charge in [0.15, 0.2) is 0 Å². The first-order chi connectivity index (χ1) is 16.0. The number of rotatable bonds is 6. The molecule has 0 radical (unpaired) electrons. The molecule has 5 heterocycles. The van der Waals surface area contributed by atoms with Crippen LogP contribution in [0.2, 0.25) is 0 Å². The van der Waals surface area contributed by atoms with Gasteiger partial charge in [0.25, 0.3) is 0 Å². The molecule has 0 spiro atoms. The third-order valence-electron chi connectivity index (χ3n) is 7.54. The van der Waals surface area contributed by atoms with E-state index in [9.17, 15) is 4.79 Å². The number of aromatic nitrogens is 4. The molecule has 8 heteroatoms. The summed E-state index contributed by atoms with van der Waals surface area (Å²) >= 11 is 0. The number of carbonyl (C=O) groups is 1. The van der Waals surface area contributed by atoms with E-state index in [0.29, 0.717) is 24.1 Å². The van der Waals surface area contributed by atoms with Crippen molar-refractivity contribution in [2.45, 2.75) is 77.2 Å². The van der Waals surface area contributed by atoms with Gasteiger partial charge in [-0.25, -0.2) is 15.0 Å². The van der Waals surface area contributed by atoms with Crippen molar-refractivity contribution in [1.29, 1.82) is 0 Å². The molecule has 2 aromatic heterocycles. The van der Waals surface area contributed by atoms with E-state index >= 15 is 0 Å². The number of hydrogen-bond acceptors (Lipinski definition) is 6. The van der Waals surface area contributed by atoms with Crippen LogP contribution in [-0.2, 0) is 11.3 Å². The van der Waals surface area contributed by atoms with Gasteiger partial charge in [0.2, 0.25) is 5.91 Å². The molecule has 5 rings (SSSR count). The molecule has 1 amide bonds. The van der Waals surface area contributed by atoms with Crippen molar-refractivity contribution in [3.05, 3.63) is 29.6 Å². The van der Waals surface area contributed by atoms with Crippen molar-refractivity contribution in [3.8, 4) is 0 Å². The van der Waals surface area contributed by atoms with Crippen LogP contribution in [0.5, 0.6) is 0 Å². The summed E-state index contributed by atoms with van der Waals surface area (Å²) in [6, 6.07) is 0. The van der Waals surface area contributed by atoms with E-state index in [0.717, 1.165) is 50.4 Å². The average molecular weight is 452 g/mol. The number of nitrogens with one attached hydrogen (secondary N) is 1. The highest BCUT2D eigenvalue weighted by atomic mass is 16.1. The summed E-state index contributed by atoms with van der Waals surface area (Å²) in [4.78, 5) is 31.0. The number of imidazole rings is 1. The standard InChI is InChI=1S/C25H37N7O/c1-17(2)20-15-32(13-12-30-8-4-5-9-30)24(28-20)19-6-10-31(11-7-19)25-22-18(3)14-21(33)29-23(22)26-16-27-25/h15-19H,4-14H2,1-3H3,(H,26,27,29,33). The smallest absolute Gasteiger partial charge is 0.226 e. The molecule has 2 fully saturated rings. The van der Waals surface area contributed by atoms with Gasteiger partial charge in [0.1, 0.15) is 23.8 Å². The number of amides is 1. The SMILES string of the molecule is CC(C)c1cn(CCN2CCCC2)c(C2CCN(c3ncnc4c3C(C)CC(=O)N4)CC2)n1. The normalized spacial score (nSPS) is 22.1. The molecule has 0 aliphatic carbocycles. The highest BCUT2D eigenvalue weighted by Crippen LogP contribution is 2.38. The Labute approximate surface area is 196 Å². The fraction of sp³-hybridized carbons (Fsp3) is 0.680. The molecular formula is C25H37N7O. The maximum atomic E-state index is 11.9. The summed E-state index contributed by atoms with van der Waals surface area (Å²) in [6.45, 7) is 13.1. The number of hydrogen-bond donors (Lipinski definition) is 1. The van der Waals surface area contributed by atoms with E-state index in [1.54, 1.807) is 6.33 Å². The number of fused-ring (bicyclic) bond motifs is 1. The summed E-state index contributed by atoms with van der Waals surface area (Å²) in [5.74, 6) is 4.04. The molecule has 1 unspecified atom stereocenters. The Kier molecular flexibility index (Phi) is 6.36. The molecule has 0 bridgehead atoms. The first-order valence-electron chi connectivity index (χ1n) is 12.7. The summed E-state index contributed by atoms with van der Waals surface area (Å²) in [7, 11) is 0. The quantitative estimate of drug-likeness (QED) is 0.721. The minimum atomic E-state index is 0.0417. The summed E-state index contributed by atoms with van der Waals surface area (Å²) in [5.41, 5.74) is 2.30. The van der Waals surface area contributed by atoms with Crippen molar-refractivity contribution in [2.75, 3.05) is 42.9 Å². The highest BCUT2D eigenvalue weighted by molar-refractivity contribution is 5.94. The fourth-order valence-electron chi connectivity index (χ4n) is 5.59. The van der Waals surface area contributed by atoms with Crippen molar-refractivity contribution in [1.82, 2.24) is 24.4 Å². The van der Waals surface area contributed by atoms with Crippen molar-refractivity contribution in [2.24, 2.45) is 0 Å². The fourth-order valence-corrected chi connectivity index (χ4v) is 5.59. The van der Waals surface area contributed by atoms with E-state index < -0.39 is 0 Å². The van der Waals surface area contributed by atoms with Crippen molar-refractivity contribution < 1.29 is 4.79 Å². The molecule has 0 saturated carbocycles. The number of carbonyl (C=O) groups excluding carboxylic acids is 1. The van der Waals surface area contributed by atoms with Gasteiger partial charge in [-0.1, -0.05) is 20.8 Å². The van der Waals surface area contributed by atoms with Crippen LogP contribution in [0.4, 0.5) is 11.6 Å². The Morgan fingerprint density at radius 2 is 1.85 bits per heavy atom. The third kappa shape index (κ3) is 4.63. The lowest BCUT2D eigenvalue weighted by Gasteiger charge is -2.35. The molecular weight excluding hydrogens is 414 g/mol. The van der Waals surface area contributed by atoms with E-state index in [2.05, 4.69) is 56.6 Å². The van der Waals surface area contributed by atoms with E-state index in [4.69, 9.17) is 4.98 Å². The van der Waals surface area contributed by atoms with Crippen molar-refractivity contribution in [3.63, 3.8) is 0 Å². The highest BCUT2D eigenvalue weighted by Gasteiger charge is 2.31. The van der Waals surface area contributed by atoms with Gasteiger partial charge in [-0.2, -0.15) is 0 Å². The second-order valence-electron chi connectivity index (χ2n) is 10.3. The number of anilines is 2. The summed E-state index contributed by atoms with van der Waals surface area (Å²) < 4.78 is 2.44. The average Bonchev–Trinajstić information content (AvgIpc) is 3.47. The molecule has 3 aliphatic rings. The molecule has 1 N–H and O–H groups in total. The zero-order valence-corrected chi connectivity index (χ0v) is 20.3. The number of nitrogens with zero attached hydrogens (tertiary/aromatic N) is 6. The lowest BCUT2D eigenvalue weighted by molar-refractivity contribution is -0.116. The van der Waals surface area contributed by atoms with Crippen LogP contribution in [-0.4, -0.2) is 63.0 Å². The first kappa shape index (κ1) is 22.3. The van der Waals surface area contributed by atoms with Gasteiger partial charge in [0, 0.05) is 50.3 Å². The van der Waals surface area contributed by atoms with E-state index in [1.807, 2.05) is 0 Å². The molecule has 0 aromatic carbocycles. The molecule has 3 aliphatic heterocycles. The van der Waals surface area contributed by atoms with Gasteiger partial charge in [-0.3, -0.25) is 4.79 Å². The maximum Gasteiger partial charge on any atom is 0.226 e. The van der Waals surface area contributed by atoms with Gasteiger partial charge in [0.05, 0.1) is 5.69 Å². The minimum Gasteiger partial charge on any atom is -0.356 e. The lowest BCUT2D eigenvalue weighted by atomic mass is 9.92. The Morgan fingerprint density at radius 1 is 1.09 bits per heavy atom. The number of likely N-dealkylation sites (tertiary alicyclic amines) is 1. The van der Waals surface area contributed by atoms with Crippen LogP contribution < -0.4 is 10.2 Å². The zero-order chi connectivity index (χ0) is 22.9. The Bertz CT molecular complexity index is 987. The first-order valence-corrected chi connectivity index (χ1v) is 12.7. The molecule has 178 valence electrons. The van der Waals surface area contributed by atoms with Crippen LogP contribution in [0.1, 0.15) is 87.7 Å². The Morgan fingerprint density at radius 3 is 2.58 bits per heavy atom. The Balaban J connectivity index is 1.30.